The lowest BCUT2D eigenvalue weighted by molar-refractivity contribution is -0.125. The fourth-order valence-electron chi connectivity index (χ4n) is 3.13. The summed E-state index contributed by atoms with van der Waals surface area (Å²) >= 11 is 1.86. The summed E-state index contributed by atoms with van der Waals surface area (Å²) in [6.45, 7) is 2.84. The Kier molecular flexibility index (Phi) is 5.61. The summed E-state index contributed by atoms with van der Waals surface area (Å²) < 4.78 is 1.91. The third-order valence-corrected chi connectivity index (χ3v) is 5.69. The highest BCUT2D eigenvalue weighted by molar-refractivity contribution is 7.98. The van der Waals surface area contributed by atoms with Crippen LogP contribution in [-0.4, -0.2) is 28.0 Å². The van der Waals surface area contributed by atoms with Gasteiger partial charge in [-0.2, -0.15) is 16.9 Å². The molecule has 1 atom stereocenters. The molecule has 5 heteroatoms. The molecule has 24 heavy (non-hydrogen) atoms. The van der Waals surface area contributed by atoms with E-state index in [1.165, 1.54) is 22.4 Å². The highest BCUT2D eigenvalue weighted by Crippen LogP contribution is 2.25. The van der Waals surface area contributed by atoms with Gasteiger partial charge in [-0.3, -0.25) is 9.48 Å². The van der Waals surface area contributed by atoms with Gasteiger partial charge in [-0.15, -0.1) is 0 Å². The lowest BCUT2D eigenvalue weighted by Gasteiger charge is -2.22. The molecule has 1 aliphatic carbocycles. The second-order valence-electron chi connectivity index (χ2n) is 6.51. The van der Waals surface area contributed by atoms with E-state index in [-0.39, 0.29) is 11.8 Å². The second kappa shape index (κ2) is 7.88. The summed E-state index contributed by atoms with van der Waals surface area (Å²) in [6.07, 6.45) is 4.64. The lowest BCUT2D eigenvalue weighted by atomic mass is 9.87. The molecule has 2 aromatic rings. The Morgan fingerprint density at radius 3 is 2.96 bits per heavy atom. The Labute approximate surface area is 148 Å². The van der Waals surface area contributed by atoms with Crippen molar-refractivity contribution in [1.82, 2.24) is 15.1 Å². The number of hydrogen-bond donors (Lipinski definition) is 1. The smallest absolute Gasteiger partial charge is 0.223 e. The number of carbonyl (C=O) groups excluding carboxylic acids is 1. The maximum absolute atomic E-state index is 12.4. The molecule has 1 aliphatic rings. The molecule has 128 valence electrons. The zero-order chi connectivity index (χ0) is 16.9. The van der Waals surface area contributed by atoms with Crippen LogP contribution in [0.4, 0.5) is 0 Å². The maximum atomic E-state index is 12.4. The first-order valence-corrected chi connectivity index (χ1v) is 9.69. The molecule has 1 amide bonds. The molecule has 3 rings (SSSR count). The normalized spacial score (nSPS) is 16.7. The van der Waals surface area contributed by atoms with Gasteiger partial charge in [0.05, 0.1) is 6.20 Å². The number of nitrogens with one attached hydrogen (secondary N) is 1. The van der Waals surface area contributed by atoms with Crippen LogP contribution in [0.25, 0.3) is 0 Å². The maximum Gasteiger partial charge on any atom is 0.223 e. The summed E-state index contributed by atoms with van der Waals surface area (Å²) in [5.41, 5.74) is 5.15. The first-order valence-electron chi connectivity index (χ1n) is 8.54. The Hall–Kier alpha value is -1.75. The van der Waals surface area contributed by atoms with Crippen LogP contribution in [0.1, 0.15) is 28.8 Å². The van der Waals surface area contributed by atoms with Crippen LogP contribution in [0, 0.1) is 12.8 Å². The van der Waals surface area contributed by atoms with Crippen molar-refractivity contribution in [3.05, 3.63) is 52.8 Å². The predicted octanol–water partition coefficient (Wildman–Crippen LogP) is 2.88. The average molecular weight is 343 g/mol. The van der Waals surface area contributed by atoms with Crippen LogP contribution in [0.2, 0.25) is 0 Å². The van der Waals surface area contributed by atoms with Crippen molar-refractivity contribution in [1.29, 1.82) is 0 Å². The predicted molar refractivity (Wildman–Crippen MR) is 99.1 cm³/mol. The highest BCUT2D eigenvalue weighted by atomic mass is 32.2. The summed E-state index contributed by atoms with van der Waals surface area (Å²) in [6, 6.07) is 8.64. The molecule has 4 nitrogen and oxygen atoms in total. The highest BCUT2D eigenvalue weighted by Gasteiger charge is 2.26. The summed E-state index contributed by atoms with van der Waals surface area (Å²) in [7, 11) is 1.96. The first kappa shape index (κ1) is 17.1. The monoisotopic (exact) mass is 343 g/mol. The van der Waals surface area contributed by atoms with Gasteiger partial charge in [-0.1, -0.05) is 29.8 Å². The largest absolute Gasteiger partial charge is 0.355 e. The van der Waals surface area contributed by atoms with Gasteiger partial charge < -0.3 is 5.32 Å². The fourth-order valence-corrected chi connectivity index (χ4v) is 3.95. The number of thioether (sulfide) groups is 1. The third kappa shape index (κ3) is 4.20. The summed E-state index contributed by atoms with van der Waals surface area (Å²) in [4.78, 5) is 12.4. The van der Waals surface area contributed by atoms with Crippen LogP contribution in [0.15, 0.2) is 30.5 Å². The molecular weight excluding hydrogens is 318 g/mol. The zero-order valence-electron chi connectivity index (χ0n) is 14.4. The van der Waals surface area contributed by atoms with Crippen LogP contribution < -0.4 is 5.32 Å². The summed E-state index contributed by atoms with van der Waals surface area (Å²) in [5.74, 6) is 2.23. The number of aromatic nitrogens is 2. The topological polar surface area (TPSA) is 46.9 Å². The van der Waals surface area contributed by atoms with E-state index in [0.717, 1.165) is 37.3 Å². The van der Waals surface area contributed by atoms with Crippen molar-refractivity contribution in [2.75, 3.05) is 12.3 Å². The number of fused-ring (bicyclic) bond motifs is 1. The quantitative estimate of drug-likeness (QED) is 0.821. The molecule has 1 heterocycles. The van der Waals surface area contributed by atoms with Gasteiger partial charge in [0.15, 0.2) is 0 Å². The Bertz CT molecular complexity index is 693. The third-order valence-electron chi connectivity index (χ3n) is 4.66. The minimum absolute atomic E-state index is 0.0926. The standard InChI is InChI=1S/C19H25N3OS/c1-14-3-5-15(6-4-14)13-24-10-9-20-19(23)16-7-8-17-12-21-22(2)18(17)11-16/h3-6,12,16H,7-11,13H2,1-2H3,(H,20,23)/t16-/m1/s1. The molecule has 0 radical (unpaired) electrons. The SMILES string of the molecule is Cc1ccc(CSCCNC(=O)[C@@H]2CCc3cnn(C)c3C2)cc1. The molecule has 1 aromatic heterocycles. The second-order valence-corrected chi connectivity index (χ2v) is 7.61. The van der Waals surface area contributed by atoms with E-state index >= 15 is 0 Å². The molecule has 1 aromatic carbocycles. The van der Waals surface area contributed by atoms with Gasteiger partial charge in [-0.05, 0) is 30.9 Å². The molecule has 0 bridgehead atoms. The van der Waals surface area contributed by atoms with Gasteiger partial charge in [-0.25, -0.2) is 0 Å². The molecule has 0 fully saturated rings. The van der Waals surface area contributed by atoms with E-state index in [2.05, 4.69) is 41.6 Å². The van der Waals surface area contributed by atoms with Crippen LogP contribution in [-0.2, 0) is 30.4 Å². The van der Waals surface area contributed by atoms with E-state index in [9.17, 15) is 4.79 Å². The van der Waals surface area contributed by atoms with Crippen molar-refractivity contribution < 1.29 is 4.79 Å². The number of rotatable bonds is 6. The lowest BCUT2D eigenvalue weighted by Crippen LogP contribution is -2.35. The molecular formula is C19H25N3OS. The van der Waals surface area contributed by atoms with E-state index in [4.69, 9.17) is 0 Å². The van der Waals surface area contributed by atoms with Crippen molar-refractivity contribution in [3.63, 3.8) is 0 Å². The zero-order valence-corrected chi connectivity index (χ0v) is 15.2. The number of aryl methyl sites for hydroxylation is 3. The fraction of sp³-hybridized carbons (Fsp3) is 0.474. The molecule has 0 saturated carbocycles. The van der Waals surface area contributed by atoms with E-state index in [1.54, 1.807) is 0 Å². The van der Waals surface area contributed by atoms with Gasteiger partial charge in [0.25, 0.3) is 0 Å². The number of nitrogens with zero attached hydrogens (tertiary/aromatic N) is 2. The Morgan fingerprint density at radius 2 is 2.17 bits per heavy atom. The number of amides is 1. The Morgan fingerprint density at radius 1 is 1.38 bits per heavy atom. The van der Waals surface area contributed by atoms with Crippen molar-refractivity contribution in [3.8, 4) is 0 Å². The number of benzene rings is 1. The van der Waals surface area contributed by atoms with Crippen molar-refractivity contribution in [2.45, 2.75) is 31.9 Å². The molecule has 0 spiro atoms. The van der Waals surface area contributed by atoms with Crippen LogP contribution in [0.5, 0.6) is 0 Å². The van der Waals surface area contributed by atoms with Gasteiger partial charge in [0, 0.05) is 43.1 Å². The minimum Gasteiger partial charge on any atom is -0.355 e. The van der Waals surface area contributed by atoms with Crippen molar-refractivity contribution in [2.24, 2.45) is 13.0 Å². The number of carbonyl (C=O) groups is 1. The van der Waals surface area contributed by atoms with Gasteiger partial charge >= 0.3 is 0 Å². The molecule has 1 N–H and O–H groups in total. The van der Waals surface area contributed by atoms with Gasteiger partial charge in [0.1, 0.15) is 0 Å². The number of hydrogen-bond acceptors (Lipinski definition) is 3. The summed E-state index contributed by atoms with van der Waals surface area (Å²) in [5, 5.41) is 7.40. The molecule has 0 saturated heterocycles. The average Bonchev–Trinajstić information content (AvgIpc) is 2.97. The Balaban J connectivity index is 1.37. The van der Waals surface area contributed by atoms with Crippen LogP contribution in [0.3, 0.4) is 0 Å². The van der Waals surface area contributed by atoms with E-state index in [0.29, 0.717) is 0 Å². The van der Waals surface area contributed by atoms with E-state index in [1.807, 2.05) is 29.7 Å². The van der Waals surface area contributed by atoms with Crippen LogP contribution >= 0.6 is 11.8 Å². The van der Waals surface area contributed by atoms with E-state index < -0.39 is 0 Å². The van der Waals surface area contributed by atoms with Gasteiger partial charge in [0.2, 0.25) is 5.91 Å². The minimum atomic E-state index is 0.0926. The first-order chi connectivity index (χ1) is 11.6. The van der Waals surface area contributed by atoms with Crippen molar-refractivity contribution >= 4 is 17.7 Å². The molecule has 0 unspecified atom stereocenters. The molecule has 0 aliphatic heterocycles.